The van der Waals surface area contributed by atoms with Gasteiger partial charge in [-0.1, -0.05) is 12.1 Å². The summed E-state index contributed by atoms with van der Waals surface area (Å²) < 4.78 is 6.74. The second-order valence-corrected chi connectivity index (χ2v) is 4.18. The van der Waals surface area contributed by atoms with Gasteiger partial charge in [-0.05, 0) is 28.9 Å². The quantitative estimate of drug-likeness (QED) is 0.819. The molecule has 0 aromatic heterocycles. The van der Waals surface area contributed by atoms with Gasteiger partial charge in [-0.2, -0.15) is 0 Å². The fraction of sp³-hybridized carbons (Fsp3) is 0.400. The molecule has 3 heteroatoms. The van der Waals surface area contributed by atoms with E-state index in [9.17, 15) is 0 Å². The zero-order valence-corrected chi connectivity index (χ0v) is 9.04. The molecule has 2 nitrogen and oxygen atoms in total. The van der Waals surface area contributed by atoms with Gasteiger partial charge in [0.05, 0.1) is 4.47 Å². The van der Waals surface area contributed by atoms with Crippen molar-refractivity contribution in [1.29, 1.82) is 0 Å². The maximum absolute atomic E-state index is 5.71. The Bertz CT molecular complexity index is 327. The summed E-state index contributed by atoms with van der Waals surface area (Å²) in [6.07, 6.45) is 0.193. The van der Waals surface area contributed by atoms with Gasteiger partial charge in [-0.15, -0.1) is 0 Å². The van der Waals surface area contributed by atoms with Crippen LogP contribution in [0.4, 0.5) is 0 Å². The zero-order valence-electron chi connectivity index (χ0n) is 7.46. The predicted octanol–water partition coefficient (Wildman–Crippen LogP) is 2.27. The molecule has 0 bridgehead atoms. The summed E-state index contributed by atoms with van der Waals surface area (Å²) in [5, 5.41) is 0. The molecule has 0 fully saturated rings. The minimum atomic E-state index is 0.193. The van der Waals surface area contributed by atoms with Gasteiger partial charge in [0.2, 0.25) is 0 Å². The Hall–Kier alpha value is -0.540. The van der Waals surface area contributed by atoms with Crippen LogP contribution in [0.1, 0.15) is 18.4 Å². The average Bonchev–Trinajstić information content (AvgIpc) is 2.43. The van der Waals surface area contributed by atoms with Crippen LogP contribution in [-0.2, 0) is 0 Å². The Morgan fingerprint density at radius 2 is 2.31 bits per heavy atom. The maximum atomic E-state index is 5.71. The molecule has 0 aliphatic carbocycles. The highest BCUT2D eigenvalue weighted by Crippen LogP contribution is 2.42. The number of ether oxygens (including phenoxy) is 1. The van der Waals surface area contributed by atoms with Gasteiger partial charge >= 0.3 is 0 Å². The van der Waals surface area contributed by atoms with Crippen molar-refractivity contribution in [1.82, 2.24) is 0 Å². The van der Waals surface area contributed by atoms with Gasteiger partial charge in [-0.25, -0.2) is 0 Å². The van der Waals surface area contributed by atoms with Crippen LogP contribution < -0.4 is 10.5 Å². The van der Waals surface area contributed by atoms with Crippen LogP contribution in [0.5, 0.6) is 5.75 Å². The van der Waals surface area contributed by atoms with Crippen LogP contribution in [0.3, 0.4) is 0 Å². The van der Waals surface area contributed by atoms with E-state index in [1.54, 1.807) is 0 Å². The molecule has 2 unspecified atom stereocenters. The molecule has 1 aliphatic rings. The van der Waals surface area contributed by atoms with E-state index in [2.05, 4.69) is 28.9 Å². The molecular formula is C10H12BrNO. The number of hydrogen-bond donors (Lipinski definition) is 1. The third kappa shape index (κ3) is 1.36. The molecule has 1 heterocycles. The monoisotopic (exact) mass is 241 g/mol. The summed E-state index contributed by atoms with van der Waals surface area (Å²) in [6, 6.07) is 6.10. The average molecular weight is 242 g/mol. The molecule has 2 N–H and O–H groups in total. The molecule has 0 radical (unpaired) electrons. The molecule has 0 amide bonds. The van der Waals surface area contributed by atoms with E-state index in [1.807, 2.05) is 12.1 Å². The predicted molar refractivity (Wildman–Crippen MR) is 56.0 cm³/mol. The van der Waals surface area contributed by atoms with E-state index in [-0.39, 0.29) is 6.10 Å². The molecule has 1 aromatic carbocycles. The molecule has 1 aliphatic heterocycles. The van der Waals surface area contributed by atoms with Crippen molar-refractivity contribution in [3.8, 4) is 5.75 Å². The second kappa shape index (κ2) is 3.31. The minimum Gasteiger partial charge on any atom is -0.489 e. The van der Waals surface area contributed by atoms with Crippen LogP contribution in [0.25, 0.3) is 0 Å². The normalized spacial score (nSPS) is 25.5. The molecule has 70 valence electrons. The smallest absolute Gasteiger partial charge is 0.137 e. The van der Waals surface area contributed by atoms with Crippen molar-refractivity contribution in [3.63, 3.8) is 0 Å². The Morgan fingerprint density at radius 3 is 3.00 bits per heavy atom. The lowest BCUT2D eigenvalue weighted by Crippen LogP contribution is -2.21. The van der Waals surface area contributed by atoms with E-state index in [0.29, 0.717) is 12.5 Å². The number of para-hydroxylation sites is 1. The molecule has 2 atom stereocenters. The van der Waals surface area contributed by atoms with Gasteiger partial charge in [0.25, 0.3) is 0 Å². The lowest BCUT2D eigenvalue weighted by molar-refractivity contribution is 0.227. The molecule has 2 rings (SSSR count). The Labute approximate surface area is 86.2 Å². The van der Waals surface area contributed by atoms with Gasteiger partial charge in [0.15, 0.2) is 0 Å². The Balaban J connectivity index is 2.48. The highest BCUT2D eigenvalue weighted by atomic mass is 79.9. The van der Waals surface area contributed by atoms with E-state index in [4.69, 9.17) is 10.5 Å². The van der Waals surface area contributed by atoms with Crippen molar-refractivity contribution in [2.75, 3.05) is 6.54 Å². The first-order chi connectivity index (χ1) is 6.24. The van der Waals surface area contributed by atoms with E-state index >= 15 is 0 Å². The second-order valence-electron chi connectivity index (χ2n) is 3.32. The van der Waals surface area contributed by atoms with Crippen LogP contribution in [0.15, 0.2) is 22.7 Å². The summed E-state index contributed by atoms with van der Waals surface area (Å²) in [5.74, 6) is 1.30. The highest BCUT2D eigenvalue weighted by molar-refractivity contribution is 9.10. The minimum absolute atomic E-state index is 0.193. The highest BCUT2D eigenvalue weighted by Gasteiger charge is 2.30. The summed E-state index contributed by atoms with van der Waals surface area (Å²) >= 11 is 3.47. The molecule has 0 saturated carbocycles. The van der Waals surface area contributed by atoms with Crippen LogP contribution in [-0.4, -0.2) is 12.6 Å². The van der Waals surface area contributed by atoms with E-state index in [1.165, 1.54) is 5.56 Å². The zero-order chi connectivity index (χ0) is 9.42. The van der Waals surface area contributed by atoms with E-state index in [0.717, 1.165) is 10.2 Å². The van der Waals surface area contributed by atoms with Crippen molar-refractivity contribution in [2.45, 2.75) is 18.9 Å². The van der Waals surface area contributed by atoms with Crippen molar-refractivity contribution in [3.05, 3.63) is 28.2 Å². The van der Waals surface area contributed by atoms with Crippen molar-refractivity contribution >= 4 is 15.9 Å². The first-order valence-corrected chi connectivity index (χ1v) is 5.18. The number of hydrogen-bond acceptors (Lipinski definition) is 2. The molecule has 13 heavy (non-hydrogen) atoms. The number of halogens is 1. The topological polar surface area (TPSA) is 35.2 Å². The summed E-state index contributed by atoms with van der Waals surface area (Å²) in [5.41, 5.74) is 6.92. The van der Waals surface area contributed by atoms with Gasteiger partial charge < -0.3 is 10.5 Å². The first kappa shape index (κ1) is 9.03. The third-order valence-electron chi connectivity index (χ3n) is 2.52. The summed E-state index contributed by atoms with van der Waals surface area (Å²) in [7, 11) is 0. The van der Waals surface area contributed by atoms with Crippen molar-refractivity contribution < 1.29 is 4.74 Å². The van der Waals surface area contributed by atoms with Gasteiger partial charge in [-0.3, -0.25) is 0 Å². The van der Waals surface area contributed by atoms with E-state index < -0.39 is 0 Å². The fourth-order valence-corrected chi connectivity index (χ4v) is 2.26. The molecule has 0 saturated heterocycles. The lowest BCUT2D eigenvalue weighted by Gasteiger charge is -2.10. The largest absolute Gasteiger partial charge is 0.489 e. The van der Waals surface area contributed by atoms with Crippen LogP contribution in [0.2, 0.25) is 0 Å². The molecule has 0 spiro atoms. The van der Waals surface area contributed by atoms with Crippen LogP contribution in [0, 0.1) is 0 Å². The Kier molecular flexibility index (Phi) is 2.30. The lowest BCUT2D eigenvalue weighted by atomic mass is 9.97. The Morgan fingerprint density at radius 1 is 1.54 bits per heavy atom. The third-order valence-corrected chi connectivity index (χ3v) is 3.15. The number of benzene rings is 1. The molecule has 1 aromatic rings. The fourth-order valence-electron chi connectivity index (χ4n) is 1.78. The first-order valence-electron chi connectivity index (χ1n) is 4.39. The van der Waals surface area contributed by atoms with Gasteiger partial charge in [0.1, 0.15) is 11.9 Å². The molecular weight excluding hydrogens is 230 g/mol. The summed E-state index contributed by atoms with van der Waals surface area (Å²) in [4.78, 5) is 0. The standard InChI is InChI=1S/C10H12BrNO/c1-6-8(5-12)7-3-2-4-9(11)10(7)13-6/h2-4,6,8H,5,12H2,1H3. The number of rotatable bonds is 1. The summed E-state index contributed by atoms with van der Waals surface area (Å²) in [6.45, 7) is 2.70. The number of nitrogens with two attached hydrogens (primary N) is 1. The SMILES string of the molecule is CC1Oc2c(Br)cccc2C1CN. The maximum Gasteiger partial charge on any atom is 0.137 e. The van der Waals surface area contributed by atoms with Crippen LogP contribution >= 0.6 is 15.9 Å². The van der Waals surface area contributed by atoms with Gasteiger partial charge in [0, 0.05) is 18.0 Å². The van der Waals surface area contributed by atoms with Crippen molar-refractivity contribution in [2.24, 2.45) is 5.73 Å². The number of fused-ring (bicyclic) bond motifs is 1.